The van der Waals surface area contributed by atoms with Crippen molar-refractivity contribution in [1.82, 2.24) is 9.55 Å². The second-order valence-corrected chi connectivity index (χ2v) is 20.4. The van der Waals surface area contributed by atoms with Gasteiger partial charge in [0.1, 0.15) is 30.7 Å². The summed E-state index contributed by atoms with van der Waals surface area (Å²) in [5.74, 6) is -1.43. The number of anilines is 1. The number of rotatable bonds is 39. The number of phosphoric ester groups is 2. The molecule has 3 heterocycles. The highest BCUT2D eigenvalue weighted by Gasteiger charge is 2.46. The number of hydrogen-bond acceptors (Lipinski definition) is 16. The van der Waals surface area contributed by atoms with Crippen molar-refractivity contribution < 1.29 is 71.0 Å². The Morgan fingerprint density at radius 2 is 1.25 bits per heavy atom. The van der Waals surface area contributed by atoms with Crippen LogP contribution in [0, 0.1) is 0 Å². The van der Waals surface area contributed by atoms with Crippen LogP contribution in [0.25, 0.3) is 0 Å². The normalized spacial score (nSPS) is 22.6. The molecule has 4 unspecified atom stereocenters. The maximum absolute atomic E-state index is 12.9. The summed E-state index contributed by atoms with van der Waals surface area (Å²) in [6, 6.07) is 1.24. The molecule has 2 saturated heterocycles. The zero-order valence-corrected chi connectivity index (χ0v) is 43.2. The molecule has 2 aliphatic heterocycles. The Kier molecular flexibility index (Phi) is 30.6. The number of aliphatic hydroxyl groups is 2. The summed E-state index contributed by atoms with van der Waals surface area (Å²) in [7, 11) is -10.9. The molecule has 0 aromatic carbocycles. The molecule has 0 aliphatic carbocycles. The van der Waals surface area contributed by atoms with Gasteiger partial charge in [0, 0.05) is 19.0 Å². The zero-order valence-electron chi connectivity index (χ0n) is 41.4. The molecule has 0 bridgehead atoms. The smallest absolute Gasteiger partial charge is 0.462 e. The molecular weight excluding hydrogens is 961 g/mol. The predicted octanol–water partition coefficient (Wildman–Crippen LogP) is 9.10. The minimum atomic E-state index is -5.45. The molecule has 0 saturated carbocycles. The van der Waals surface area contributed by atoms with Crippen LogP contribution in [-0.4, -0.2) is 97.9 Å². The Morgan fingerprint density at radius 3 is 1.85 bits per heavy atom. The molecule has 0 spiro atoms. The number of epoxide rings is 1. The highest BCUT2D eigenvalue weighted by Crippen LogP contribution is 2.60. The number of phosphoric acid groups is 2. The molecule has 6 N–H and O–H groups in total. The lowest BCUT2D eigenvalue weighted by molar-refractivity contribution is -0.161. The number of ether oxygens (including phenoxy) is 4. The standard InChI is InChI=1S/C50H79N3O16P2/c1-3-5-7-9-11-13-15-17-18-19-21-23-25-27-29-33-45(54)63-37-40(66-46(55)34-30-32-42-41(67-42)31-28-26-24-22-20-16-14-12-10-8-6-4-2)38-64-70(59,60)69-71(61,62)65-39-43-47(56)48(57)49(68-43)53-36-35-44(51)52-50(53)58/h11-14,17-18,20-23,26,28,35-36,40-43,47-49,56-57H,3-10,15-16,19,24-25,27,29-34,37-39H2,1-2H3,(H,59,60)(H,61,62)(H2,51,52,58)/b13-11-,14-12-,18-17-,22-20-,23-21-,28-26-/t40-,41?,42?,43-,47-,48-,49-/m1/s1. The van der Waals surface area contributed by atoms with Gasteiger partial charge in [-0.15, -0.1) is 0 Å². The Labute approximate surface area is 419 Å². The van der Waals surface area contributed by atoms with Crippen molar-refractivity contribution in [3.05, 3.63) is 95.7 Å². The van der Waals surface area contributed by atoms with Gasteiger partial charge in [0.25, 0.3) is 0 Å². The molecule has 1 aromatic rings. The lowest BCUT2D eigenvalue weighted by atomic mass is 10.1. The maximum atomic E-state index is 12.9. The van der Waals surface area contributed by atoms with Gasteiger partial charge in [-0.2, -0.15) is 9.29 Å². The van der Waals surface area contributed by atoms with Crippen molar-refractivity contribution in [3.63, 3.8) is 0 Å². The van der Waals surface area contributed by atoms with Crippen LogP contribution in [0.3, 0.4) is 0 Å². The molecule has 2 fully saturated rings. The molecule has 9 atom stereocenters. The number of carbonyl (C=O) groups excluding carboxylic acids is 2. The van der Waals surface area contributed by atoms with E-state index in [4.69, 9.17) is 33.7 Å². The number of esters is 2. The van der Waals surface area contributed by atoms with E-state index in [9.17, 15) is 43.5 Å². The first kappa shape index (κ1) is 61.5. The number of aromatic nitrogens is 2. The van der Waals surface area contributed by atoms with Gasteiger partial charge in [-0.3, -0.25) is 23.2 Å². The van der Waals surface area contributed by atoms with Crippen LogP contribution in [0.15, 0.2) is 90.0 Å². The van der Waals surface area contributed by atoms with E-state index < -0.39 is 83.7 Å². The topological polar surface area (TPSA) is 278 Å². The van der Waals surface area contributed by atoms with Crippen molar-refractivity contribution in [3.8, 4) is 0 Å². The van der Waals surface area contributed by atoms with Gasteiger partial charge in [0.15, 0.2) is 12.3 Å². The summed E-state index contributed by atoms with van der Waals surface area (Å²) in [4.78, 5) is 62.0. The van der Waals surface area contributed by atoms with E-state index in [1.54, 1.807) is 0 Å². The Balaban J connectivity index is 1.44. The number of allylic oxidation sites excluding steroid dienone is 11. The summed E-state index contributed by atoms with van der Waals surface area (Å²) >= 11 is 0. The highest BCUT2D eigenvalue weighted by atomic mass is 31.3. The molecule has 71 heavy (non-hydrogen) atoms. The van der Waals surface area contributed by atoms with E-state index in [1.165, 1.54) is 44.6 Å². The number of aliphatic hydroxyl groups excluding tert-OH is 2. The fourth-order valence-corrected chi connectivity index (χ4v) is 9.28. The van der Waals surface area contributed by atoms with Gasteiger partial charge in [-0.25, -0.2) is 13.9 Å². The van der Waals surface area contributed by atoms with E-state index >= 15 is 0 Å². The van der Waals surface area contributed by atoms with Crippen LogP contribution < -0.4 is 11.4 Å². The Bertz CT molecular complexity index is 2040. The van der Waals surface area contributed by atoms with Crippen LogP contribution in [0.5, 0.6) is 0 Å². The summed E-state index contributed by atoms with van der Waals surface area (Å²) in [6.07, 6.45) is 35.7. The first-order chi connectivity index (χ1) is 34.1. The third-order valence-electron chi connectivity index (χ3n) is 11.2. The van der Waals surface area contributed by atoms with Gasteiger partial charge in [0.2, 0.25) is 0 Å². The van der Waals surface area contributed by atoms with Gasteiger partial charge in [-0.05, 0) is 96.0 Å². The summed E-state index contributed by atoms with van der Waals surface area (Å²) in [5, 5.41) is 20.9. The maximum Gasteiger partial charge on any atom is 0.481 e. The third kappa shape index (κ3) is 27.7. The molecule has 1 aromatic heterocycles. The molecule has 3 rings (SSSR count). The number of hydrogen-bond donors (Lipinski definition) is 5. The lowest BCUT2D eigenvalue weighted by Gasteiger charge is -2.21. The number of unbranched alkanes of at least 4 members (excludes halogenated alkanes) is 8. The number of nitrogen functional groups attached to an aromatic ring is 1. The van der Waals surface area contributed by atoms with Crippen molar-refractivity contribution in [1.29, 1.82) is 0 Å². The van der Waals surface area contributed by atoms with Gasteiger partial charge < -0.3 is 44.7 Å². The fraction of sp³-hybridized carbons (Fsp3) is 0.640. The van der Waals surface area contributed by atoms with Crippen LogP contribution in [0.2, 0.25) is 0 Å². The first-order valence-electron chi connectivity index (χ1n) is 25.1. The summed E-state index contributed by atoms with van der Waals surface area (Å²) in [5.41, 5.74) is 4.58. The van der Waals surface area contributed by atoms with E-state index in [0.29, 0.717) is 19.3 Å². The highest BCUT2D eigenvalue weighted by molar-refractivity contribution is 7.61. The largest absolute Gasteiger partial charge is 0.481 e. The van der Waals surface area contributed by atoms with E-state index in [2.05, 4.69) is 90.0 Å². The second-order valence-electron chi connectivity index (χ2n) is 17.3. The number of carbonyl (C=O) groups is 2. The first-order valence-corrected chi connectivity index (χ1v) is 28.1. The lowest BCUT2D eigenvalue weighted by Crippen LogP contribution is -2.36. The number of nitrogens with two attached hydrogens (primary N) is 1. The van der Waals surface area contributed by atoms with Gasteiger partial charge in [-0.1, -0.05) is 112 Å². The molecule has 21 heteroatoms. The molecule has 19 nitrogen and oxygen atoms in total. The quantitative estimate of drug-likeness (QED) is 0.0135. The van der Waals surface area contributed by atoms with Crippen molar-refractivity contribution in [2.24, 2.45) is 0 Å². The zero-order chi connectivity index (χ0) is 51.7. The summed E-state index contributed by atoms with van der Waals surface area (Å²) in [6.45, 7) is 1.97. The minimum absolute atomic E-state index is 0.0139. The SMILES string of the molecule is CCCCC/C=C\C/C=C\C/C=C\CCCCC(=O)OC[C@H](COP(=O)(O)OP(=O)(O)OC[C@H]1O[C@@H](n2ccc(N)nc2=O)[C@H](O)[C@@H]1O)OC(=O)CCCC1OC1C/C=C\C/C=C\C/C=C\CCCCC. The van der Waals surface area contributed by atoms with Gasteiger partial charge >= 0.3 is 33.3 Å². The second kappa shape index (κ2) is 35.3. The molecular formula is C50H79N3O16P2. The van der Waals surface area contributed by atoms with Crippen LogP contribution in [0.4, 0.5) is 5.82 Å². The van der Waals surface area contributed by atoms with E-state index in [-0.39, 0.29) is 30.9 Å². The fourth-order valence-electron chi connectivity index (χ4n) is 7.17. The van der Waals surface area contributed by atoms with Crippen molar-refractivity contribution >= 4 is 33.4 Å². The predicted molar refractivity (Wildman–Crippen MR) is 270 cm³/mol. The van der Waals surface area contributed by atoms with Crippen molar-refractivity contribution in [2.75, 3.05) is 25.6 Å². The molecule has 2 aliphatic rings. The van der Waals surface area contributed by atoms with Crippen LogP contribution in [-0.2, 0) is 51.0 Å². The molecule has 0 amide bonds. The van der Waals surface area contributed by atoms with E-state index in [1.807, 2.05) is 6.08 Å². The average Bonchev–Trinajstić information content (AvgIpc) is 4.01. The van der Waals surface area contributed by atoms with Crippen LogP contribution >= 0.6 is 15.6 Å². The Morgan fingerprint density at radius 1 is 0.704 bits per heavy atom. The third-order valence-corrected chi connectivity index (χ3v) is 13.8. The minimum Gasteiger partial charge on any atom is -0.462 e. The monoisotopic (exact) mass is 1040 g/mol. The van der Waals surface area contributed by atoms with Crippen molar-refractivity contribution in [2.45, 2.75) is 185 Å². The van der Waals surface area contributed by atoms with Crippen LogP contribution in [0.1, 0.15) is 148 Å². The number of nitrogens with zero attached hydrogens (tertiary/aromatic N) is 2. The van der Waals surface area contributed by atoms with E-state index in [0.717, 1.165) is 68.6 Å². The average molecular weight is 1040 g/mol. The molecule has 0 radical (unpaired) electrons. The molecule has 400 valence electrons. The Hall–Kier alpha value is -3.84. The van der Waals surface area contributed by atoms with Gasteiger partial charge in [0.05, 0.1) is 25.4 Å². The summed E-state index contributed by atoms with van der Waals surface area (Å²) < 4.78 is 62.5.